The summed E-state index contributed by atoms with van der Waals surface area (Å²) in [6, 6.07) is 1.10. The smallest absolute Gasteiger partial charge is 0.257 e. The van der Waals surface area contributed by atoms with Gasteiger partial charge in [-0.2, -0.15) is 5.10 Å². The molecule has 1 aromatic rings. The number of likely N-dealkylation sites (tertiary alicyclic amines) is 1. The van der Waals surface area contributed by atoms with Gasteiger partial charge in [-0.05, 0) is 26.2 Å². The van der Waals surface area contributed by atoms with Crippen LogP contribution in [0.1, 0.15) is 35.3 Å². The molecule has 0 radical (unpaired) electrons. The normalized spacial score (nSPS) is 25.9. The lowest BCUT2D eigenvalue weighted by molar-refractivity contribution is 0.0747. The van der Waals surface area contributed by atoms with Crippen molar-refractivity contribution in [1.29, 1.82) is 0 Å². The van der Waals surface area contributed by atoms with Crippen molar-refractivity contribution in [3.8, 4) is 0 Å². The molecule has 5 nitrogen and oxygen atoms in total. The van der Waals surface area contributed by atoms with Gasteiger partial charge in [0.05, 0.1) is 11.8 Å². The highest BCUT2D eigenvalue weighted by Gasteiger charge is 2.32. The highest BCUT2D eigenvalue weighted by atomic mass is 35.5. The van der Waals surface area contributed by atoms with E-state index in [0.717, 1.165) is 30.8 Å². The van der Waals surface area contributed by atoms with Crippen LogP contribution in [-0.2, 0) is 7.05 Å². The van der Waals surface area contributed by atoms with Crippen LogP contribution in [0.5, 0.6) is 0 Å². The highest BCUT2D eigenvalue weighted by Crippen LogP contribution is 2.22. The first-order valence-corrected chi connectivity index (χ1v) is 6.69. The molecular weight excluding hydrogens is 264 g/mol. The first-order valence-electron chi connectivity index (χ1n) is 6.69. The molecule has 2 saturated heterocycles. The van der Waals surface area contributed by atoms with Gasteiger partial charge in [-0.25, -0.2) is 0 Å². The fourth-order valence-corrected chi connectivity index (χ4v) is 3.01. The Kier molecular flexibility index (Phi) is 4.16. The topological polar surface area (TPSA) is 50.2 Å². The number of halogens is 1. The molecule has 2 fully saturated rings. The summed E-state index contributed by atoms with van der Waals surface area (Å²) < 4.78 is 1.76. The molecule has 2 atom stereocenters. The molecule has 2 aliphatic heterocycles. The predicted molar refractivity (Wildman–Crippen MR) is 75.7 cm³/mol. The standard InChI is InChI=1S/C13H20N4O.ClH/c1-9-12(7-14-16(9)2)13(18)17-6-5-10-3-4-11(8-17)15-10;/h7,10-11,15H,3-6,8H2,1-2H3;1H. The Hall–Kier alpha value is -1.07. The third-order valence-electron chi connectivity index (χ3n) is 4.28. The molecule has 2 unspecified atom stereocenters. The van der Waals surface area contributed by atoms with Gasteiger partial charge in [-0.15, -0.1) is 12.4 Å². The largest absolute Gasteiger partial charge is 0.337 e. The number of amides is 1. The van der Waals surface area contributed by atoms with E-state index in [1.54, 1.807) is 10.9 Å². The maximum Gasteiger partial charge on any atom is 0.257 e. The van der Waals surface area contributed by atoms with Gasteiger partial charge in [0, 0.05) is 37.9 Å². The number of hydrogen-bond donors (Lipinski definition) is 1. The van der Waals surface area contributed by atoms with Crippen LogP contribution in [0.2, 0.25) is 0 Å². The van der Waals surface area contributed by atoms with Crippen molar-refractivity contribution in [3.63, 3.8) is 0 Å². The zero-order valence-corrected chi connectivity index (χ0v) is 12.2. The van der Waals surface area contributed by atoms with Gasteiger partial charge in [-0.3, -0.25) is 9.48 Å². The van der Waals surface area contributed by atoms with Gasteiger partial charge in [0.1, 0.15) is 0 Å². The molecule has 0 aliphatic carbocycles. The summed E-state index contributed by atoms with van der Waals surface area (Å²) in [6.07, 6.45) is 5.22. The third kappa shape index (κ3) is 2.62. The van der Waals surface area contributed by atoms with E-state index < -0.39 is 0 Å². The molecule has 1 amide bonds. The number of carbonyl (C=O) groups is 1. The summed E-state index contributed by atoms with van der Waals surface area (Å²) in [5, 5.41) is 7.75. The van der Waals surface area contributed by atoms with E-state index >= 15 is 0 Å². The lowest BCUT2D eigenvalue weighted by Crippen LogP contribution is -2.39. The first-order chi connectivity index (χ1) is 8.65. The van der Waals surface area contributed by atoms with E-state index in [1.165, 1.54) is 12.8 Å². The van der Waals surface area contributed by atoms with Gasteiger partial charge in [0.25, 0.3) is 5.91 Å². The molecule has 2 bridgehead atoms. The van der Waals surface area contributed by atoms with Crippen molar-refractivity contribution in [1.82, 2.24) is 20.0 Å². The van der Waals surface area contributed by atoms with Crippen LogP contribution in [0, 0.1) is 6.92 Å². The molecular formula is C13H21ClN4O. The minimum absolute atomic E-state index is 0. The fourth-order valence-electron chi connectivity index (χ4n) is 3.01. The number of fused-ring (bicyclic) bond motifs is 2. The van der Waals surface area contributed by atoms with Gasteiger partial charge in [0.15, 0.2) is 0 Å². The van der Waals surface area contributed by atoms with Crippen molar-refractivity contribution >= 4 is 18.3 Å². The molecule has 0 aromatic carbocycles. The van der Waals surface area contributed by atoms with Crippen molar-refractivity contribution in [2.45, 2.75) is 38.3 Å². The van der Waals surface area contributed by atoms with Gasteiger partial charge >= 0.3 is 0 Å². The van der Waals surface area contributed by atoms with Gasteiger partial charge in [0.2, 0.25) is 0 Å². The molecule has 2 aliphatic rings. The number of rotatable bonds is 1. The summed E-state index contributed by atoms with van der Waals surface area (Å²) >= 11 is 0. The zero-order valence-electron chi connectivity index (χ0n) is 11.4. The van der Waals surface area contributed by atoms with Crippen LogP contribution >= 0.6 is 12.4 Å². The Morgan fingerprint density at radius 3 is 2.79 bits per heavy atom. The van der Waals surface area contributed by atoms with Gasteiger partial charge in [-0.1, -0.05) is 0 Å². The monoisotopic (exact) mass is 284 g/mol. The van der Waals surface area contributed by atoms with E-state index in [1.807, 2.05) is 18.9 Å². The van der Waals surface area contributed by atoms with Crippen LogP contribution in [0.3, 0.4) is 0 Å². The molecule has 6 heteroatoms. The van der Waals surface area contributed by atoms with Crippen molar-refractivity contribution in [3.05, 3.63) is 17.5 Å². The van der Waals surface area contributed by atoms with Crippen LogP contribution in [-0.4, -0.2) is 45.8 Å². The highest BCUT2D eigenvalue weighted by molar-refractivity contribution is 5.95. The summed E-state index contributed by atoms with van der Waals surface area (Å²) in [5.41, 5.74) is 1.69. The molecule has 0 saturated carbocycles. The van der Waals surface area contributed by atoms with Crippen LogP contribution in [0.4, 0.5) is 0 Å². The fraction of sp³-hybridized carbons (Fsp3) is 0.692. The Balaban J connectivity index is 0.00000133. The van der Waals surface area contributed by atoms with E-state index in [9.17, 15) is 4.79 Å². The summed E-state index contributed by atoms with van der Waals surface area (Å²) in [6.45, 7) is 3.65. The minimum atomic E-state index is 0. The Labute approximate surface area is 119 Å². The average Bonchev–Trinajstić information content (AvgIpc) is 2.83. The zero-order chi connectivity index (χ0) is 12.7. The lowest BCUT2D eigenvalue weighted by Gasteiger charge is -2.24. The van der Waals surface area contributed by atoms with E-state index in [2.05, 4.69) is 10.4 Å². The van der Waals surface area contributed by atoms with Crippen LogP contribution in [0.25, 0.3) is 0 Å². The Morgan fingerprint density at radius 2 is 2.11 bits per heavy atom. The molecule has 106 valence electrons. The van der Waals surface area contributed by atoms with Crippen molar-refractivity contribution in [2.75, 3.05) is 13.1 Å². The van der Waals surface area contributed by atoms with E-state index in [0.29, 0.717) is 12.1 Å². The molecule has 19 heavy (non-hydrogen) atoms. The molecule has 3 heterocycles. The first kappa shape index (κ1) is 14.3. The second-order valence-electron chi connectivity index (χ2n) is 5.44. The van der Waals surface area contributed by atoms with E-state index in [-0.39, 0.29) is 18.3 Å². The number of aryl methyl sites for hydroxylation is 1. The number of nitrogens with one attached hydrogen (secondary N) is 1. The van der Waals surface area contributed by atoms with Crippen molar-refractivity contribution in [2.24, 2.45) is 7.05 Å². The lowest BCUT2D eigenvalue weighted by atomic mass is 10.1. The number of aromatic nitrogens is 2. The predicted octanol–water partition coefficient (Wildman–Crippen LogP) is 1.12. The average molecular weight is 285 g/mol. The molecule has 1 aromatic heterocycles. The number of hydrogen-bond acceptors (Lipinski definition) is 3. The maximum atomic E-state index is 12.5. The van der Waals surface area contributed by atoms with Crippen molar-refractivity contribution < 1.29 is 4.79 Å². The Bertz CT molecular complexity index is 473. The van der Waals surface area contributed by atoms with E-state index in [4.69, 9.17) is 0 Å². The molecule has 3 rings (SSSR count). The number of carbonyl (C=O) groups excluding carboxylic acids is 1. The Morgan fingerprint density at radius 1 is 1.37 bits per heavy atom. The van der Waals surface area contributed by atoms with Crippen LogP contribution < -0.4 is 5.32 Å². The minimum Gasteiger partial charge on any atom is -0.337 e. The summed E-state index contributed by atoms with van der Waals surface area (Å²) in [5.74, 6) is 0.134. The molecule has 0 spiro atoms. The SMILES string of the molecule is Cc1c(C(=O)N2CCC3CCC(C2)N3)cnn1C.Cl. The second-order valence-corrected chi connectivity index (χ2v) is 5.44. The van der Waals surface area contributed by atoms with Crippen LogP contribution in [0.15, 0.2) is 6.20 Å². The summed E-state index contributed by atoms with van der Waals surface area (Å²) in [4.78, 5) is 14.5. The second kappa shape index (κ2) is 5.51. The molecule has 1 N–H and O–H groups in total. The third-order valence-corrected chi connectivity index (χ3v) is 4.28. The maximum absolute atomic E-state index is 12.5. The van der Waals surface area contributed by atoms with Gasteiger partial charge < -0.3 is 10.2 Å². The quantitative estimate of drug-likeness (QED) is 0.841. The number of nitrogens with zero attached hydrogens (tertiary/aromatic N) is 3. The summed E-state index contributed by atoms with van der Waals surface area (Å²) in [7, 11) is 1.87.